The zero-order valence-corrected chi connectivity index (χ0v) is 27.8. The summed E-state index contributed by atoms with van der Waals surface area (Å²) < 4.78 is 16.3. The Morgan fingerprint density at radius 1 is 0.721 bits per heavy atom. The smallest absolute Gasteiger partial charge is 0.306 e. The van der Waals surface area contributed by atoms with E-state index >= 15 is 0 Å². The van der Waals surface area contributed by atoms with Crippen LogP contribution < -0.4 is 0 Å². The van der Waals surface area contributed by atoms with Crippen molar-refractivity contribution in [3.8, 4) is 0 Å². The van der Waals surface area contributed by atoms with Gasteiger partial charge in [-0.05, 0) is 57.3 Å². The predicted molar refractivity (Wildman–Crippen MR) is 177 cm³/mol. The first kappa shape index (κ1) is 39.1. The van der Waals surface area contributed by atoms with Gasteiger partial charge in [-0.1, -0.05) is 121 Å². The van der Waals surface area contributed by atoms with Gasteiger partial charge in [0.25, 0.3) is 0 Å². The zero-order chi connectivity index (χ0) is 31.4. The Hall–Kier alpha value is -1.92. The van der Waals surface area contributed by atoms with Crippen LogP contribution in [-0.4, -0.2) is 48.6 Å². The van der Waals surface area contributed by atoms with E-state index in [9.17, 15) is 14.7 Å². The highest BCUT2D eigenvalue weighted by atomic mass is 16.6. The lowest BCUT2D eigenvalue weighted by Crippen LogP contribution is -2.28. The zero-order valence-electron chi connectivity index (χ0n) is 27.8. The highest BCUT2D eigenvalue weighted by Gasteiger charge is 2.35. The number of unbranched alkanes of at least 4 members (excludes halogenated alkanes) is 11. The van der Waals surface area contributed by atoms with Crippen LogP contribution in [0.1, 0.15) is 149 Å². The summed E-state index contributed by atoms with van der Waals surface area (Å²) in [4.78, 5) is 24.1. The highest BCUT2D eigenvalue weighted by molar-refractivity contribution is 5.70. The molecule has 1 fully saturated rings. The summed E-state index contributed by atoms with van der Waals surface area (Å²) in [6.07, 6.45) is 33.8. The maximum atomic E-state index is 12.1. The lowest BCUT2D eigenvalue weighted by Gasteiger charge is -2.15. The van der Waals surface area contributed by atoms with E-state index in [-0.39, 0.29) is 25.2 Å². The molecule has 248 valence electrons. The molecule has 6 nitrogen and oxygen atoms in total. The molecule has 1 aliphatic heterocycles. The Labute approximate surface area is 263 Å². The first-order valence-electron chi connectivity index (χ1n) is 17.5. The van der Waals surface area contributed by atoms with Crippen molar-refractivity contribution in [1.82, 2.24) is 0 Å². The van der Waals surface area contributed by atoms with Gasteiger partial charge in [-0.2, -0.15) is 0 Å². The fourth-order valence-corrected chi connectivity index (χ4v) is 4.95. The first-order valence-corrected chi connectivity index (χ1v) is 17.5. The molecule has 0 aromatic rings. The molecule has 0 radical (unpaired) electrons. The number of hydrogen-bond acceptors (Lipinski definition) is 6. The van der Waals surface area contributed by atoms with E-state index in [2.05, 4.69) is 57.2 Å². The summed E-state index contributed by atoms with van der Waals surface area (Å²) in [5.74, 6) is 0.130. The van der Waals surface area contributed by atoms with E-state index in [1.807, 2.05) is 0 Å². The van der Waals surface area contributed by atoms with Gasteiger partial charge in [0.15, 0.2) is 6.10 Å². The van der Waals surface area contributed by atoms with Gasteiger partial charge in [-0.15, -0.1) is 0 Å². The van der Waals surface area contributed by atoms with Gasteiger partial charge in [-0.3, -0.25) is 9.59 Å². The van der Waals surface area contributed by atoms with Crippen molar-refractivity contribution in [3.05, 3.63) is 36.5 Å². The Balaban J connectivity index is 1.97. The Morgan fingerprint density at radius 2 is 1.30 bits per heavy atom. The van der Waals surface area contributed by atoms with E-state index in [0.717, 1.165) is 50.9 Å². The molecule has 2 unspecified atom stereocenters. The van der Waals surface area contributed by atoms with E-state index in [0.29, 0.717) is 31.5 Å². The van der Waals surface area contributed by atoms with Gasteiger partial charge in [0.05, 0.1) is 18.8 Å². The molecule has 0 aromatic carbocycles. The van der Waals surface area contributed by atoms with Crippen molar-refractivity contribution >= 4 is 11.9 Å². The molecule has 0 bridgehead atoms. The lowest BCUT2D eigenvalue weighted by molar-refractivity contribution is -0.161. The summed E-state index contributed by atoms with van der Waals surface area (Å²) in [5.41, 5.74) is 0. The molecule has 6 heteroatoms. The minimum absolute atomic E-state index is 0.0994. The van der Waals surface area contributed by atoms with Crippen molar-refractivity contribution in [3.63, 3.8) is 0 Å². The minimum Gasteiger partial charge on any atom is -0.462 e. The van der Waals surface area contributed by atoms with Gasteiger partial charge in [0.1, 0.15) is 6.61 Å². The van der Waals surface area contributed by atoms with E-state index in [1.54, 1.807) is 0 Å². The van der Waals surface area contributed by atoms with Crippen LogP contribution in [0, 0.1) is 5.92 Å². The molecule has 1 saturated heterocycles. The third kappa shape index (κ3) is 25.1. The summed E-state index contributed by atoms with van der Waals surface area (Å²) in [7, 11) is 0. The number of aliphatic hydroxyl groups is 1. The third-order valence-electron chi connectivity index (χ3n) is 7.77. The summed E-state index contributed by atoms with van der Waals surface area (Å²) in [6.45, 7) is 6.33. The molecule has 1 heterocycles. The lowest BCUT2D eigenvalue weighted by atomic mass is 10.0. The second-order valence-electron chi connectivity index (χ2n) is 12.5. The number of aliphatic hydroxyl groups excluding tert-OH is 1. The van der Waals surface area contributed by atoms with Crippen molar-refractivity contribution in [2.24, 2.45) is 5.92 Å². The molecule has 3 atom stereocenters. The standard InChI is InChI=1S/C37H64O6/c1-4-5-6-7-8-9-13-16-21-26-34-35(43-34)27-22-18-19-23-28-36(39)41-31-33(30-38)42-37(40)29-24-17-14-11-10-12-15-20-25-32(2)3/h8-9,16,18,21-22,32-35,38H,4-7,10-15,17,19-20,23-31H2,1-3H3/b9-8-,21-16-,22-18-/t33-,34?,35?/m0/s1. The SMILES string of the molecule is CCCCC/C=C\C/C=C\CC1OC1C/C=C\CCCC(=O)OC[C@H](CO)OC(=O)CCCCCCCCCCC(C)C. The number of ether oxygens (including phenoxy) is 3. The second-order valence-corrected chi connectivity index (χ2v) is 12.5. The van der Waals surface area contributed by atoms with Crippen molar-refractivity contribution in [2.75, 3.05) is 13.2 Å². The largest absolute Gasteiger partial charge is 0.462 e. The third-order valence-corrected chi connectivity index (χ3v) is 7.77. The molecule has 0 saturated carbocycles. The molecular formula is C37H64O6. The van der Waals surface area contributed by atoms with Gasteiger partial charge >= 0.3 is 11.9 Å². The monoisotopic (exact) mass is 604 g/mol. The molecule has 0 aliphatic carbocycles. The normalized spacial score (nSPS) is 17.4. The van der Waals surface area contributed by atoms with Gasteiger partial charge in [-0.25, -0.2) is 0 Å². The van der Waals surface area contributed by atoms with Crippen molar-refractivity contribution < 1.29 is 28.9 Å². The fraction of sp³-hybridized carbons (Fsp3) is 0.784. The molecule has 43 heavy (non-hydrogen) atoms. The number of allylic oxidation sites excluding steroid dienone is 4. The van der Waals surface area contributed by atoms with Crippen LogP contribution in [0.25, 0.3) is 0 Å². The Bertz CT molecular complexity index is 771. The number of carbonyl (C=O) groups is 2. The van der Waals surface area contributed by atoms with Crippen LogP contribution in [0.3, 0.4) is 0 Å². The Morgan fingerprint density at radius 3 is 1.98 bits per heavy atom. The average Bonchev–Trinajstić information content (AvgIpc) is 3.74. The molecular weight excluding hydrogens is 540 g/mol. The van der Waals surface area contributed by atoms with Crippen LogP contribution in [0.15, 0.2) is 36.5 Å². The van der Waals surface area contributed by atoms with Crippen molar-refractivity contribution in [1.29, 1.82) is 0 Å². The maximum Gasteiger partial charge on any atom is 0.306 e. The summed E-state index contributed by atoms with van der Waals surface area (Å²) in [6, 6.07) is 0. The quantitative estimate of drug-likeness (QED) is 0.0396. The van der Waals surface area contributed by atoms with Crippen LogP contribution in [-0.2, 0) is 23.8 Å². The fourth-order valence-electron chi connectivity index (χ4n) is 4.95. The predicted octanol–water partition coefficient (Wildman–Crippen LogP) is 9.35. The maximum absolute atomic E-state index is 12.1. The second kappa shape index (κ2) is 27.6. The number of hydrogen-bond donors (Lipinski definition) is 1. The number of esters is 2. The average molecular weight is 605 g/mol. The van der Waals surface area contributed by atoms with Crippen molar-refractivity contribution in [2.45, 2.75) is 167 Å². The molecule has 0 spiro atoms. The number of rotatable bonds is 29. The van der Waals surface area contributed by atoms with Crippen LogP contribution in [0.2, 0.25) is 0 Å². The molecule has 1 rings (SSSR count). The number of epoxide rings is 1. The van der Waals surface area contributed by atoms with E-state index in [1.165, 1.54) is 64.2 Å². The van der Waals surface area contributed by atoms with Crippen LogP contribution >= 0.6 is 0 Å². The summed E-state index contributed by atoms with van der Waals surface area (Å²) in [5, 5.41) is 9.51. The molecule has 1 aliphatic rings. The topological polar surface area (TPSA) is 85.4 Å². The molecule has 0 aromatic heterocycles. The van der Waals surface area contributed by atoms with E-state index in [4.69, 9.17) is 14.2 Å². The van der Waals surface area contributed by atoms with Gasteiger partial charge in [0, 0.05) is 12.8 Å². The molecule has 0 amide bonds. The van der Waals surface area contributed by atoms with Crippen LogP contribution in [0.4, 0.5) is 0 Å². The highest BCUT2D eigenvalue weighted by Crippen LogP contribution is 2.29. The summed E-state index contributed by atoms with van der Waals surface area (Å²) >= 11 is 0. The first-order chi connectivity index (χ1) is 21.0. The minimum atomic E-state index is -0.796. The van der Waals surface area contributed by atoms with Gasteiger partial charge < -0.3 is 19.3 Å². The number of carbonyl (C=O) groups excluding carboxylic acids is 2. The van der Waals surface area contributed by atoms with Crippen LogP contribution in [0.5, 0.6) is 0 Å². The Kier molecular flexibility index (Phi) is 25.1. The van der Waals surface area contributed by atoms with Gasteiger partial charge in [0.2, 0.25) is 0 Å². The van der Waals surface area contributed by atoms with E-state index < -0.39 is 6.10 Å². The molecule has 1 N–H and O–H groups in total.